The molecule has 208 valence electrons. The second-order valence-electron chi connectivity index (χ2n) is 9.13. The molecule has 0 radical (unpaired) electrons. The summed E-state index contributed by atoms with van der Waals surface area (Å²) in [7, 11) is 0. The molecule has 38 heavy (non-hydrogen) atoms. The van der Waals surface area contributed by atoms with Crippen LogP contribution >= 0.6 is 0 Å². The lowest BCUT2D eigenvalue weighted by atomic mass is 9.98. The van der Waals surface area contributed by atoms with Crippen LogP contribution in [0.15, 0.2) is 24.3 Å². The van der Waals surface area contributed by atoms with Gasteiger partial charge in [-0.15, -0.1) is 0 Å². The van der Waals surface area contributed by atoms with Gasteiger partial charge < -0.3 is 26.0 Å². The quantitative estimate of drug-likeness (QED) is 0.341. The van der Waals surface area contributed by atoms with E-state index in [2.05, 4.69) is 16.0 Å². The highest BCUT2D eigenvalue weighted by Gasteiger charge is 2.46. The van der Waals surface area contributed by atoms with Crippen molar-refractivity contribution in [3.05, 3.63) is 35.4 Å². The van der Waals surface area contributed by atoms with E-state index in [1.54, 1.807) is 0 Å². The lowest BCUT2D eigenvalue weighted by Gasteiger charge is -2.29. The largest absolute Gasteiger partial charge is 0.480 e. The van der Waals surface area contributed by atoms with Crippen LogP contribution in [0.4, 0.5) is 13.2 Å². The number of likely N-dealkylation sites (tertiary alicyclic amines) is 1. The van der Waals surface area contributed by atoms with E-state index in [4.69, 9.17) is 5.11 Å². The molecule has 1 aromatic carbocycles. The minimum absolute atomic E-state index is 0.0978. The number of aliphatic carboxylic acids is 1. The summed E-state index contributed by atoms with van der Waals surface area (Å²) in [6.45, 7) is 3.66. The third-order valence-corrected chi connectivity index (χ3v) is 5.89. The Bertz CT molecular complexity index is 1090. The van der Waals surface area contributed by atoms with Crippen molar-refractivity contribution in [1.82, 2.24) is 20.9 Å². The van der Waals surface area contributed by atoms with Gasteiger partial charge in [-0.05, 0) is 49.9 Å². The van der Waals surface area contributed by atoms with Gasteiger partial charge in [0.1, 0.15) is 18.6 Å². The number of Topliss-reactive ketones (excluding diaryl/α,β-unsaturated/α-hetero) is 1. The number of hydrogen-bond donors (Lipinski definition) is 4. The summed E-state index contributed by atoms with van der Waals surface area (Å²) in [5.74, 6) is -6.99. The van der Waals surface area contributed by atoms with E-state index in [0.29, 0.717) is 6.42 Å². The zero-order chi connectivity index (χ0) is 28.8. The Kier molecular flexibility index (Phi) is 9.97. The molecule has 1 aliphatic heterocycles. The van der Waals surface area contributed by atoms with Gasteiger partial charge in [-0.25, -0.2) is 0 Å². The van der Waals surface area contributed by atoms with E-state index in [-0.39, 0.29) is 24.1 Å². The molecule has 4 N–H and O–H groups in total. The number of carboxylic acids is 1. The van der Waals surface area contributed by atoms with Crippen LogP contribution in [-0.2, 0) is 19.2 Å². The third kappa shape index (κ3) is 7.76. The number of rotatable bonds is 10. The van der Waals surface area contributed by atoms with Gasteiger partial charge in [-0.3, -0.25) is 28.8 Å². The standard InChI is InChI=1S/C24H29F3N4O7/c1-12(2)18(19(34)24(25,26)27)30-22(37)16-5-4-10-31(16)23(38)13(3)29-21(36)15-8-6-14(7-9-15)20(35)28-11-17(32)33/h6-9,12-13,16,18H,4-5,10-11H2,1-3H3,(H,28,35)(H,29,36)(H,30,37)(H,32,33)/t13?,16-,18?/m0/s1. The first kappa shape index (κ1) is 30.3. The molecule has 4 amide bonds. The summed E-state index contributed by atoms with van der Waals surface area (Å²) in [5.41, 5.74) is 0.210. The van der Waals surface area contributed by atoms with Crippen LogP contribution in [-0.4, -0.2) is 82.8 Å². The number of ketones is 1. The molecule has 0 saturated carbocycles. The molecule has 0 aromatic heterocycles. The second kappa shape index (κ2) is 12.5. The fraction of sp³-hybridized carbons (Fsp3) is 0.500. The van der Waals surface area contributed by atoms with Gasteiger partial charge in [0.2, 0.25) is 11.8 Å². The Balaban J connectivity index is 2.03. The molecular formula is C24H29F3N4O7. The number of nitrogens with zero attached hydrogens (tertiary/aromatic N) is 1. The molecule has 1 heterocycles. The first-order valence-corrected chi connectivity index (χ1v) is 11.8. The predicted octanol–water partition coefficient (Wildman–Crippen LogP) is 0.883. The number of halogens is 3. The van der Waals surface area contributed by atoms with E-state index in [1.165, 1.54) is 45.0 Å². The van der Waals surface area contributed by atoms with Crippen LogP contribution in [0.1, 0.15) is 54.3 Å². The van der Waals surface area contributed by atoms with E-state index in [0.717, 1.165) is 4.90 Å². The van der Waals surface area contributed by atoms with Crippen LogP contribution in [0, 0.1) is 5.92 Å². The van der Waals surface area contributed by atoms with Gasteiger partial charge in [0, 0.05) is 17.7 Å². The fourth-order valence-electron chi connectivity index (χ4n) is 3.89. The minimum Gasteiger partial charge on any atom is -0.480 e. The number of carbonyl (C=O) groups is 6. The van der Waals surface area contributed by atoms with Crippen LogP contribution in [0.3, 0.4) is 0 Å². The number of alkyl halides is 3. The van der Waals surface area contributed by atoms with Crippen LogP contribution in [0.2, 0.25) is 0 Å². The lowest BCUT2D eigenvalue weighted by Crippen LogP contribution is -2.56. The summed E-state index contributed by atoms with van der Waals surface area (Å²) in [4.78, 5) is 73.7. The fourth-order valence-corrected chi connectivity index (χ4v) is 3.89. The number of carbonyl (C=O) groups excluding carboxylic acids is 5. The molecular weight excluding hydrogens is 513 g/mol. The third-order valence-electron chi connectivity index (χ3n) is 5.89. The molecule has 2 unspecified atom stereocenters. The van der Waals surface area contributed by atoms with Crippen LogP contribution < -0.4 is 16.0 Å². The van der Waals surface area contributed by atoms with E-state index in [1.807, 2.05) is 0 Å². The topological polar surface area (TPSA) is 162 Å². The van der Waals surface area contributed by atoms with Crippen molar-refractivity contribution >= 4 is 35.4 Å². The van der Waals surface area contributed by atoms with Crippen molar-refractivity contribution in [2.45, 2.75) is 57.9 Å². The molecule has 1 aliphatic rings. The highest BCUT2D eigenvalue weighted by Crippen LogP contribution is 2.23. The highest BCUT2D eigenvalue weighted by atomic mass is 19.4. The molecule has 0 bridgehead atoms. The van der Waals surface area contributed by atoms with E-state index in [9.17, 15) is 41.9 Å². The first-order valence-electron chi connectivity index (χ1n) is 11.8. The maximum Gasteiger partial charge on any atom is 0.452 e. The number of hydrogen-bond acceptors (Lipinski definition) is 6. The van der Waals surface area contributed by atoms with Gasteiger partial charge in [-0.2, -0.15) is 13.2 Å². The van der Waals surface area contributed by atoms with Crippen molar-refractivity contribution < 1.29 is 47.0 Å². The SMILES string of the molecule is CC(NC(=O)c1ccc(C(=O)NCC(=O)O)cc1)C(=O)N1CCC[C@H]1C(=O)NC(C(=O)C(F)(F)F)C(C)C. The van der Waals surface area contributed by atoms with Gasteiger partial charge in [0.25, 0.3) is 17.6 Å². The molecule has 1 aromatic rings. The molecule has 1 fully saturated rings. The van der Waals surface area contributed by atoms with Crippen molar-refractivity contribution in [3.8, 4) is 0 Å². The van der Waals surface area contributed by atoms with Crippen molar-refractivity contribution in [3.63, 3.8) is 0 Å². The lowest BCUT2D eigenvalue weighted by molar-refractivity contribution is -0.175. The second-order valence-corrected chi connectivity index (χ2v) is 9.13. The van der Waals surface area contributed by atoms with Crippen LogP contribution in [0.5, 0.6) is 0 Å². The summed E-state index contributed by atoms with van der Waals surface area (Å²) in [6.07, 6.45) is -4.56. The maximum absolute atomic E-state index is 13.0. The molecule has 3 atom stereocenters. The first-order chi connectivity index (χ1) is 17.6. The molecule has 14 heteroatoms. The summed E-state index contributed by atoms with van der Waals surface area (Å²) < 4.78 is 38.8. The number of benzene rings is 1. The monoisotopic (exact) mass is 542 g/mol. The van der Waals surface area contributed by atoms with Gasteiger partial charge in [-0.1, -0.05) is 13.8 Å². The molecule has 0 spiro atoms. The van der Waals surface area contributed by atoms with Crippen molar-refractivity contribution in [1.29, 1.82) is 0 Å². The minimum atomic E-state index is -5.13. The smallest absolute Gasteiger partial charge is 0.452 e. The molecule has 0 aliphatic carbocycles. The van der Waals surface area contributed by atoms with Crippen LogP contribution in [0.25, 0.3) is 0 Å². The molecule has 2 rings (SSSR count). The van der Waals surface area contributed by atoms with Crippen molar-refractivity contribution in [2.75, 3.05) is 13.1 Å². The Labute approximate surface area is 216 Å². The Morgan fingerprint density at radius 3 is 2.03 bits per heavy atom. The number of amides is 4. The zero-order valence-electron chi connectivity index (χ0n) is 20.9. The van der Waals surface area contributed by atoms with E-state index < -0.39 is 72.1 Å². The average Bonchev–Trinajstić information content (AvgIpc) is 3.34. The molecule has 1 saturated heterocycles. The van der Waals surface area contributed by atoms with Gasteiger partial charge in [0.15, 0.2) is 0 Å². The molecule has 11 nitrogen and oxygen atoms in total. The Morgan fingerprint density at radius 1 is 0.974 bits per heavy atom. The van der Waals surface area contributed by atoms with Crippen molar-refractivity contribution in [2.24, 2.45) is 5.92 Å². The Morgan fingerprint density at radius 2 is 1.53 bits per heavy atom. The summed E-state index contributed by atoms with van der Waals surface area (Å²) in [6, 6.07) is 1.20. The predicted molar refractivity (Wildman–Crippen MR) is 126 cm³/mol. The normalized spacial score (nSPS) is 16.9. The average molecular weight is 543 g/mol. The summed E-state index contributed by atoms with van der Waals surface area (Å²) in [5, 5.41) is 15.4. The summed E-state index contributed by atoms with van der Waals surface area (Å²) >= 11 is 0. The maximum atomic E-state index is 13.0. The van der Waals surface area contributed by atoms with Gasteiger partial charge >= 0.3 is 12.1 Å². The zero-order valence-corrected chi connectivity index (χ0v) is 20.9. The number of nitrogens with one attached hydrogen (secondary N) is 3. The Hall–Kier alpha value is -3.97. The number of carboxylic acid groups (broad SMARTS) is 1. The van der Waals surface area contributed by atoms with E-state index >= 15 is 0 Å². The highest BCUT2D eigenvalue weighted by molar-refractivity contribution is 6.01. The van der Waals surface area contributed by atoms with Gasteiger partial charge in [0.05, 0.1) is 6.04 Å².